The van der Waals surface area contributed by atoms with Crippen LogP contribution in [-0.4, -0.2) is 47.7 Å². The van der Waals surface area contributed by atoms with Gasteiger partial charge in [0.15, 0.2) is 11.5 Å². The summed E-state index contributed by atoms with van der Waals surface area (Å²) in [5.74, 6) is -0.363. The van der Waals surface area contributed by atoms with E-state index in [1.54, 1.807) is 18.2 Å². The lowest BCUT2D eigenvalue weighted by atomic mass is 10.1. The number of hydrogen-bond donors (Lipinski definition) is 1. The molecule has 0 saturated carbocycles. The Hall–Kier alpha value is -3.02. The van der Waals surface area contributed by atoms with Gasteiger partial charge in [0, 0.05) is 6.54 Å². The van der Waals surface area contributed by atoms with Gasteiger partial charge in [-0.3, -0.25) is 9.59 Å². The highest BCUT2D eigenvalue weighted by atomic mass is 16.6. The number of fused-ring (bicyclic) bond motifs is 1. The Balaban J connectivity index is 1.68. The zero-order chi connectivity index (χ0) is 17.6. The molecule has 1 heterocycles. The molecule has 0 aromatic heterocycles. The van der Waals surface area contributed by atoms with Crippen molar-refractivity contribution < 1.29 is 24.2 Å². The highest BCUT2D eigenvalue weighted by molar-refractivity contribution is 5.85. The zero-order valence-corrected chi connectivity index (χ0v) is 13.6. The molecule has 130 valence electrons. The van der Waals surface area contributed by atoms with E-state index in [4.69, 9.17) is 14.6 Å². The molecular weight excluding hydrogens is 322 g/mol. The number of nitrogens with zero attached hydrogens (tertiary/aromatic N) is 1. The fraction of sp³-hybridized carbons (Fsp3) is 0.263. The first-order valence-corrected chi connectivity index (χ1v) is 8.06. The average Bonchev–Trinajstić information content (AvgIpc) is 2.64. The molecule has 0 aliphatic carbocycles. The molecule has 0 spiro atoms. The number of amides is 1. The van der Waals surface area contributed by atoms with Crippen molar-refractivity contribution in [3.63, 3.8) is 0 Å². The van der Waals surface area contributed by atoms with Crippen molar-refractivity contribution in [1.29, 1.82) is 0 Å². The van der Waals surface area contributed by atoms with E-state index in [1.165, 1.54) is 4.90 Å². The lowest BCUT2D eigenvalue weighted by Gasteiger charge is -2.30. The third-order valence-electron chi connectivity index (χ3n) is 3.94. The van der Waals surface area contributed by atoms with Gasteiger partial charge in [-0.05, 0) is 24.1 Å². The first kappa shape index (κ1) is 16.8. The summed E-state index contributed by atoms with van der Waals surface area (Å²) in [6.07, 6.45) is -0.269. The fourth-order valence-corrected chi connectivity index (χ4v) is 2.68. The van der Waals surface area contributed by atoms with E-state index in [2.05, 4.69) is 0 Å². The van der Waals surface area contributed by atoms with E-state index in [0.29, 0.717) is 24.5 Å². The molecule has 3 rings (SSSR count). The number of carbonyl (C=O) groups is 2. The van der Waals surface area contributed by atoms with Crippen LogP contribution in [-0.2, 0) is 16.0 Å². The summed E-state index contributed by atoms with van der Waals surface area (Å²) >= 11 is 0. The normalized spacial score (nSPS) is 15.4. The zero-order valence-electron chi connectivity index (χ0n) is 13.6. The van der Waals surface area contributed by atoms with Crippen molar-refractivity contribution in [2.75, 3.05) is 19.7 Å². The summed E-state index contributed by atoms with van der Waals surface area (Å²) in [7, 11) is 0. The van der Waals surface area contributed by atoms with Crippen LogP contribution in [0.2, 0.25) is 0 Å². The van der Waals surface area contributed by atoms with Crippen molar-refractivity contribution in [2.24, 2.45) is 0 Å². The minimum atomic E-state index is -1.06. The predicted molar refractivity (Wildman–Crippen MR) is 90.7 cm³/mol. The average molecular weight is 341 g/mol. The van der Waals surface area contributed by atoms with Crippen molar-refractivity contribution in [3.8, 4) is 11.5 Å². The Morgan fingerprint density at radius 1 is 1.04 bits per heavy atom. The summed E-state index contributed by atoms with van der Waals surface area (Å²) in [4.78, 5) is 25.2. The number of rotatable bonds is 6. The van der Waals surface area contributed by atoms with Gasteiger partial charge in [-0.25, -0.2) is 0 Å². The molecule has 2 aromatic carbocycles. The molecule has 1 aliphatic heterocycles. The third-order valence-corrected chi connectivity index (χ3v) is 3.94. The van der Waals surface area contributed by atoms with Crippen LogP contribution < -0.4 is 9.47 Å². The van der Waals surface area contributed by atoms with Crippen LogP contribution in [0, 0.1) is 0 Å². The lowest BCUT2D eigenvalue weighted by molar-refractivity contribution is -0.149. The van der Waals surface area contributed by atoms with Crippen LogP contribution in [0.5, 0.6) is 11.5 Å². The Labute approximate surface area is 145 Å². The molecule has 0 saturated heterocycles. The first-order valence-electron chi connectivity index (χ1n) is 8.06. The molecule has 1 unspecified atom stereocenters. The van der Waals surface area contributed by atoms with E-state index < -0.39 is 12.1 Å². The van der Waals surface area contributed by atoms with E-state index in [-0.39, 0.29) is 19.1 Å². The topological polar surface area (TPSA) is 76.1 Å². The maximum atomic E-state index is 12.7. The molecule has 6 heteroatoms. The fourth-order valence-electron chi connectivity index (χ4n) is 2.68. The summed E-state index contributed by atoms with van der Waals surface area (Å²) in [5, 5.41) is 9.12. The first-order chi connectivity index (χ1) is 12.1. The molecule has 0 bridgehead atoms. The second kappa shape index (κ2) is 7.70. The molecular formula is C19H19NO5. The summed E-state index contributed by atoms with van der Waals surface area (Å²) in [6, 6.07) is 16.7. The number of carbonyl (C=O) groups excluding carboxylic acids is 1. The predicted octanol–water partition coefficient (Wildman–Crippen LogP) is 1.98. The van der Waals surface area contributed by atoms with Crippen LogP contribution in [0.1, 0.15) is 5.56 Å². The monoisotopic (exact) mass is 341 g/mol. The van der Waals surface area contributed by atoms with Gasteiger partial charge < -0.3 is 19.5 Å². The highest BCUT2D eigenvalue weighted by Gasteiger charge is 2.31. The number of carboxylic acid groups (broad SMARTS) is 1. The Morgan fingerprint density at radius 3 is 2.44 bits per heavy atom. The van der Waals surface area contributed by atoms with Gasteiger partial charge in [-0.2, -0.15) is 0 Å². The van der Waals surface area contributed by atoms with E-state index in [9.17, 15) is 9.59 Å². The largest absolute Gasteiger partial charge is 0.485 e. The summed E-state index contributed by atoms with van der Waals surface area (Å²) in [6.45, 7) is 0.00112. The molecule has 0 fully saturated rings. The van der Waals surface area contributed by atoms with E-state index in [1.807, 2.05) is 36.4 Å². The van der Waals surface area contributed by atoms with Crippen LogP contribution >= 0.6 is 0 Å². The maximum absolute atomic E-state index is 12.7. The van der Waals surface area contributed by atoms with Crippen molar-refractivity contribution in [2.45, 2.75) is 12.5 Å². The summed E-state index contributed by atoms with van der Waals surface area (Å²) in [5.41, 5.74) is 1.04. The Morgan fingerprint density at radius 2 is 1.72 bits per heavy atom. The SMILES string of the molecule is O=C(O)CN(CCc1ccccc1)C(=O)C1COc2ccccc2O1. The molecule has 1 amide bonds. The van der Waals surface area contributed by atoms with E-state index >= 15 is 0 Å². The number of benzene rings is 2. The lowest BCUT2D eigenvalue weighted by Crippen LogP contribution is -2.48. The quantitative estimate of drug-likeness (QED) is 0.869. The Bertz CT molecular complexity index is 746. The maximum Gasteiger partial charge on any atom is 0.323 e. The van der Waals surface area contributed by atoms with Crippen LogP contribution in [0.3, 0.4) is 0 Å². The Kier molecular flexibility index (Phi) is 5.18. The molecule has 6 nitrogen and oxygen atoms in total. The number of para-hydroxylation sites is 2. The standard InChI is InChI=1S/C19H19NO5/c21-18(22)12-20(11-10-14-6-2-1-3-7-14)19(23)17-13-24-15-8-4-5-9-16(15)25-17/h1-9,17H,10-13H2,(H,21,22). The smallest absolute Gasteiger partial charge is 0.323 e. The molecule has 0 radical (unpaired) electrons. The van der Waals surface area contributed by atoms with Crippen molar-refractivity contribution in [3.05, 3.63) is 60.2 Å². The van der Waals surface area contributed by atoms with Crippen molar-refractivity contribution in [1.82, 2.24) is 4.90 Å². The number of hydrogen-bond acceptors (Lipinski definition) is 4. The minimum absolute atomic E-state index is 0.0668. The second-order valence-corrected chi connectivity index (χ2v) is 5.75. The second-order valence-electron chi connectivity index (χ2n) is 5.75. The molecule has 25 heavy (non-hydrogen) atoms. The molecule has 1 atom stereocenters. The van der Waals surface area contributed by atoms with E-state index in [0.717, 1.165) is 5.56 Å². The van der Waals surface area contributed by atoms with Crippen LogP contribution in [0.25, 0.3) is 0 Å². The summed E-state index contributed by atoms with van der Waals surface area (Å²) < 4.78 is 11.3. The van der Waals surface area contributed by atoms with Gasteiger partial charge in [0.05, 0.1) is 0 Å². The van der Waals surface area contributed by atoms with Crippen LogP contribution in [0.15, 0.2) is 54.6 Å². The minimum Gasteiger partial charge on any atom is -0.485 e. The van der Waals surface area contributed by atoms with Gasteiger partial charge in [-0.15, -0.1) is 0 Å². The van der Waals surface area contributed by atoms with Gasteiger partial charge in [0.1, 0.15) is 13.2 Å². The number of aliphatic carboxylic acids is 1. The van der Waals surface area contributed by atoms with Gasteiger partial charge >= 0.3 is 5.97 Å². The third kappa shape index (κ3) is 4.29. The molecule has 1 N–H and O–H groups in total. The number of ether oxygens (including phenoxy) is 2. The molecule has 1 aliphatic rings. The molecule has 2 aromatic rings. The number of carboxylic acids is 1. The van der Waals surface area contributed by atoms with Crippen molar-refractivity contribution >= 4 is 11.9 Å². The van der Waals surface area contributed by atoms with Crippen LogP contribution in [0.4, 0.5) is 0 Å². The van der Waals surface area contributed by atoms with Gasteiger partial charge in [-0.1, -0.05) is 42.5 Å². The highest BCUT2D eigenvalue weighted by Crippen LogP contribution is 2.31. The van der Waals surface area contributed by atoms with Gasteiger partial charge in [0.25, 0.3) is 5.91 Å². The van der Waals surface area contributed by atoms with Gasteiger partial charge in [0.2, 0.25) is 6.10 Å².